The van der Waals surface area contributed by atoms with Gasteiger partial charge in [-0.15, -0.1) is 0 Å². The largest absolute Gasteiger partial charge is 0.325 e. The summed E-state index contributed by atoms with van der Waals surface area (Å²) in [7, 11) is 0. The van der Waals surface area contributed by atoms with Gasteiger partial charge in [-0.05, 0) is 13.0 Å². The second-order valence-corrected chi connectivity index (χ2v) is 3.93. The number of piperazine rings is 1. The summed E-state index contributed by atoms with van der Waals surface area (Å²) < 4.78 is 0. The number of aromatic amines is 1. The van der Waals surface area contributed by atoms with Crippen LogP contribution in [0.5, 0.6) is 0 Å². The lowest BCUT2D eigenvalue weighted by Gasteiger charge is -2.32. The molecule has 0 saturated carbocycles. The molecule has 1 aliphatic rings. The Balaban J connectivity index is 2.12. The zero-order chi connectivity index (χ0) is 10.7. The summed E-state index contributed by atoms with van der Waals surface area (Å²) in [5, 5.41) is 3.32. The quantitative estimate of drug-likeness (QED) is 0.735. The molecule has 82 valence electrons. The Kier molecular flexibility index (Phi) is 3.18. The van der Waals surface area contributed by atoms with Crippen LogP contribution < -0.4 is 10.9 Å². The van der Waals surface area contributed by atoms with E-state index in [0.29, 0.717) is 6.04 Å². The van der Waals surface area contributed by atoms with E-state index in [0.717, 1.165) is 31.9 Å². The molecule has 0 bridgehead atoms. The van der Waals surface area contributed by atoms with Gasteiger partial charge in [-0.3, -0.25) is 9.69 Å². The summed E-state index contributed by atoms with van der Waals surface area (Å²) in [6.45, 7) is 6.27. The molecule has 0 spiro atoms. The molecular weight excluding hydrogens is 190 g/mol. The molecule has 1 aromatic rings. The smallest absolute Gasteiger partial charge is 0.248 e. The van der Waals surface area contributed by atoms with Crippen LogP contribution in [-0.4, -0.2) is 36.1 Å². The van der Waals surface area contributed by atoms with Crippen molar-refractivity contribution in [3.05, 3.63) is 34.2 Å². The maximum atomic E-state index is 11.2. The molecule has 1 fully saturated rings. The number of nitrogens with zero attached hydrogens (tertiary/aromatic N) is 1. The van der Waals surface area contributed by atoms with Crippen LogP contribution in [0.3, 0.4) is 0 Å². The molecule has 2 rings (SSSR count). The van der Waals surface area contributed by atoms with Gasteiger partial charge in [0.1, 0.15) is 0 Å². The molecule has 4 nitrogen and oxygen atoms in total. The van der Waals surface area contributed by atoms with E-state index in [2.05, 4.69) is 22.1 Å². The van der Waals surface area contributed by atoms with E-state index in [1.54, 1.807) is 6.07 Å². The van der Waals surface area contributed by atoms with E-state index in [-0.39, 0.29) is 5.56 Å². The summed E-state index contributed by atoms with van der Waals surface area (Å²) in [4.78, 5) is 16.5. The van der Waals surface area contributed by atoms with Crippen molar-refractivity contribution in [3.8, 4) is 0 Å². The molecule has 2 N–H and O–H groups in total. The molecule has 4 heteroatoms. The van der Waals surface area contributed by atoms with Gasteiger partial charge in [0, 0.05) is 44.0 Å². The lowest BCUT2D eigenvalue weighted by molar-refractivity contribution is 0.182. The molecule has 0 amide bonds. The first kappa shape index (κ1) is 10.4. The van der Waals surface area contributed by atoms with E-state index >= 15 is 0 Å². The number of rotatable bonds is 2. The molecule has 1 aromatic heterocycles. The third-order valence-electron chi connectivity index (χ3n) is 2.94. The van der Waals surface area contributed by atoms with Crippen LogP contribution in [0.15, 0.2) is 23.0 Å². The Hall–Kier alpha value is -1.13. The van der Waals surface area contributed by atoms with Crippen molar-refractivity contribution in [1.29, 1.82) is 0 Å². The van der Waals surface area contributed by atoms with Crippen molar-refractivity contribution < 1.29 is 0 Å². The number of hydrogen-bond donors (Lipinski definition) is 2. The Morgan fingerprint density at radius 3 is 2.73 bits per heavy atom. The Morgan fingerprint density at radius 1 is 1.33 bits per heavy atom. The second kappa shape index (κ2) is 4.59. The Morgan fingerprint density at radius 2 is 2.07 bits per heavy atom. The number of nitrogens with one attached hydrogen (secondary N) is 2. The Bertz CT molecular complexity index is 368. The van der Waals surface area contributed by atoms with E-state index < -0.39 is 0 Å². The molecule has 1 unspecified atom stereocenters. The highest BCUT2D eigenvalue weighted by atomic mass is 16.1. The van der Waals surface area contributed by atoms with Gasteiger partial charge in [0.15, 0.2) is 0 Å². The summed E-state index contributed by atoms with van der Waals surface area (Å²) >= 11 is 0. The molecule has 1 atom stereocenters. The van der Waals surface area contributed by atoms with Crippen LogP contribution in [0.25, 0.3) is 0 Å². The fourth-order valence-electron chi connectivity index (χ4n) is 1.97. The molecule has 15 heavy (non-hydrogen) atoms. The minimum absolute atomic E-state index is 0.0190. The third kappa shape index (κ3) is 2.46. The second-order valence-electron chi connectivity index (χ2n) is 3.93. The molecule has 1 saturated heterocycles. The fourth-order valence-corrected chi connectivity index (χ4v) is 1.97. The monoisotopic (exact) mass is 207 g/mol. The molecular formula is C11H17N3O. The van der Waals surface area contributed by atoms with Crippen LogP contribution in [-0.2, 0) is 0 Å². The molecule has 1 aliphatic heterocycles. The van der Waals surface area contributed by atoms with Crippen molar-refractivity contribution in [2.24, 2.45) is 0 Å². The lowest BCUT2D eigenvalue weighted by atomic mass is 10.1. The first-order chi connectivity index (χ1) is 7.27. The highest BCUT2D eigenvalue weighted by molar-refractivity contribution is 5.08. The van der Waals surface area contributed by atoms with Gasteiger partial charge in [-0.1, -0.05) is 6.07 Å². The fraction of sp³-hybridized carbons (Fsp3) is 0.545. The van der Waals surface area contributed by atoms with Crippen molar-refractivity contribution in [2.75, 3.05) is 26.2 Å². The van der Waals surface area contributed by atoms with Crippen molar-refractivity contribution in [1.82, 2.24) is 15.2 Å². The average Bonchev–Trinajstić information content (AvgIpc) is 2.29. The average molecular weight is 207 g/mol. The van der Waals surface area contributed by atoms with Crippen LogP contribution >= 0.6 is 0 Å². The standard InChI is InChI=1S/C11H17N3O/c1-9(14-7-5-12-6-8-14)10-3-2-4-11(15)13-10/h2-4,9,12H,5-8H2,1H3,(H,13,15). The number of hydrogen-bond acceptors (Lipinski definition) is 3. The first-order valence-electron chi connectivity index (χ1n) is 5.41. The SMILES string of the molecule is CC(c1cccc(=O)[nH]1)N1CCNCC1. The maximum Gasteiger partial charge on any atom is 0.248 e. The third-order valence-corrected chi connectivity index (χ3v) is 2.94. The molecule has 0 aromatic carbocycles. The number of H-pyrrole nitrogens is 1. The van der Waals surface area contributed by atoms with Gasteiger partial charge in [-0.2, -0.15) is 0 Å². The van der Waals surface area contributed by atoms with Gasteiger partial charge in [-0.25, -0.2) is 0 Å². The zero-order valence-electron chi connectivity index (χ0n) is 8.99. The van der Waals surface area contributed by atoms with Gasteiger partial charge in [0.05, 0.1) is 0 Å². The minimum Gasteiger partial charge on any atom is -0.325 e. The van der Waals surface area contributed by atoms with Gasteiger partial charge in [0.25, 0.3) is 0 Å². The van der Waals surface area contributed by atoms with Crippen LogP contribution in [0.1, 0.15) is 18.7 Å². The van der Waals surface area contributed by atoms with Crippen LogP contribution in [0.2, 0.25) is 0 Å². The molecule has 0 radical (unpaired) electrons. The van der Waals surface area contributed by atoms with Crippen LogP contribution in [0, 0.1) is 0 Å². The number of aromatic nitrogens is 1. The van der Waals surface area contributed by atoms with Crippen molar-refractivity contribution in [2.45, 2.75) is 13.0 Å². The lowest BCUT2D eigenvalue weighted by Crippen LogP contribution is -2.44. The topological polar surface area (TPSA) is 48.1 Å². The van der Waals surface area contributed by atoms with E-state index in [4.69, 9.17) is 0 Å². The summed E-state index contributed by atoms with van der Waals surface area (Å²) in [5.41, 5.74) is 0.985. The zero-order valence-corrected chi connectivity index (χ0v) is 8.99. The van der Waals surface area contributed by atoms with Crippen molar-refractivity contribution in [3.63, 3.8) is 0 Å². The molecule has 2 heterocycles. The minimum atomic E-state index is -0.0190. The number of pyridine rings is 1. The van der Waals surface area contributed by atoms with Gasteiger partial charge >= 0.3 is 0 Å². The highest BCUT2D eigenvalue weighted by Crippen LogP contribution is 2.16. The first-order valence-corrected chi connectivity index (χ1v) is 5.41. The van der Waals surface area contributed by atoms with Crippen molar-refractivity contribution >= 4 is 0 Å². The van der Waals surface area contributed by atoms with E-state index in [1.807, 2.05) is 12.1 Å². The predicted octanol–water partition coefficient (Wildman–Crippen LogP) is 0.341. The highest BCUT2D eigenvalue weighted by Gasteiger charge is 2.17. The Labute approximate surface area is 89.3 Å². The summed E-state index contributed by atoms with van der Waals surface area (Å²) in [5.74, 6) is 0. The predicted molar refractivity (Wildman–Crippen MR) is 59.9 cm³/mol. The maximum absolute atomic E-state index is 11.2. The summed E-state index contributed by atoms with van der Waals surface area (Å²) in [6.07, 6.45) is 0. The normalized spacial score (nSPS) is 20.1. The van der Waals surface area contributed by atoms with E-state index in [1.165, 1.54) is 0 Å². The van der Waals surface area contributed by atoms with E-state index in [9.17, 15) is 4.79 Å². The molecule has 0 aliphatic carbocycles. The van der Waals surface area contributed by atoms with Gasteiger partial charge in [0.2, 0.25) is 5.56 Å². The van der Waals surface area contributed by atoms with Gasteiger partial charge < -0.3 is 10.3 Å². The summed E-state index contributed by atoms with van der Waals surface area (Å²) in [6, 6.07) is 5.63. The van der Waals surface area contributed by atoms with Crippen LogP contribution in [0.4, 0.5) is 0 Å².